The third-order valence-corrected chi connectivity index (χ3v) is 1.96. The van der Waals surface area contributed by atoms with Crippen molar-refractivity contribution in [2.24, 2.45) is 0 Å². The molecule has 80 valence electrons. The fourth-order valence-electron chi connectivity index (χ4n) is 1.08. The van der Waals surface area contributed by atoms with Crippen LogP contribution in [0.25, 0.3) is 0 Å². The summed E-state index contributed by atoms with van der Waals surface area (Å²) in [7, 11) is 1.57. The average molecular weight is 196 g/mol. The van der Waals surface area contributed by atoms with Crippen molar-refractivity contribution in [3.05, 3.63) is 29.5 Å². The lowest BCUT2D eigenvalue weighted by atomic mass is 10.1. The standard InChI is InChI=1S/C12H20O2/c1-5-6-7-10(2)8-11(3)12(13)9-14-4/h5,12-13H,1,6-7,9H2,2-4H3/t8?,12-/m1/s1. The van der Waals surface area contributed by atoms with Crippen LogP contribution in [0.4, 0.5) is 0 Å². The van der Waals surface area contributed by atoms with Crippen LogP contribution < -0.4 is 0 Å². The Morgan fingerprint density at radius 1 is 1.57 bits per heavy atom. The molecule has 0 heterocycles. The Morgan fingerprint density at radius 3 is 2.71 bits per heavy atom. The van der Waals surface area contributed by atoms with E-state index in [-0.39, 0.29) is 0 Å². The second-order valence-corrected chi connectivity index (χ2v) is 3.39. The molecule has 1 atom stereocenters. The molecule has 2 nitrogen and oxygen atoms in total. The third-order valence-electron chi connectivity index (χ3n) is 1.96. The van der Waals surface area contributed by atoms with E-state index in [1.165, 1.54) is 0 Å². The van der Waals surface area contributed by atoms with E-state index in [4.69, 9.17) is 4.74 Å². The Kier molecular flexibility index (Phi) is 7.13. The van der Waals surface area contributed by atoms with Gasteiger partial charge in [0.1, 0.15) is 6.10 Å². The number of hydrogen-bond donors (Lipinski definition) is 1. The zero-order chi connectivity index (χ0) is 11.0. The number of allylic oxidation sites excluding steroid dienone is 1. The first kappa shape index (κ1) is 13.2. The molecule has 0 aliphatic carbocycles. The molecule has 0 rings (SSSR count). The van der Waals surface area contributed by atoms with E-state index >= 15 is 0 Å². The van der Waals surface area contributed by atoms with E-state index < -0.39 is 6.10 Å². The number of aliphatic hydroxyl groups is 1. The van der Waals surface area contributed by atoms with E-state index in [1.807, 2.05) is 19.9 Å². The van der Waals surface area contributed by atoms with Crippen LogP contribution >= 0.6 is 0 Å². The summed E-state index contributed by atoms with van der Waals surface area (Å²) in [5.74, 6) is 0. The summed E-state index contributed by atoms with van der Waals surface area (Å²) in [6, 6.07) is 0. The molecule has 0 unspecified atom stereocenters. The zero-order valence-electron chi connectivity index (χ0n) is 9.34. The first-order chi connectivity index (χ1) is 6.61. The van der Waals surface area contributed by atoms with Gasteiger partial charge in [0.05, 0.1) is 6.61 Å². The molecule has 0 amide bonds. The summed E-state index contributed by atoms with van der Waals surface area (Å²) in [5.41, 5.74) is 5.12. The highest BCUT2D eigenvalue weighted by molar-refractivity contribution is 5.10. The molecular weight excluding hydrogens is 176 g/mol. The largest absolute Gasteiger partial charge is 0.386 e. The normalized spacial score (nSPS) is 11.7. The highest BCUT2D eigenvalue weighted by Crippen LogP contribution is 2.06. The number of ether oxygens (including phenoxy) is 1. The first-order valence-electron chi connectivity index (χ1n) is 4.82. The summed E-state index contributed by atoms with van der Waals surface area (Å²) >= 11 is 0. The minimum absolute atomic E-state index is 0.327. The van der Waals surface area contributed by atoms with Crippen LogP contribution in [0.5, 0.6) is 0 Å². The monoisotopic (exact) mass is 196 g/mol. The van der Waals surface area contributed by atoms with E-state index in [0.29, 0.717) is 6.61 Å². The first-order valence-corrected chi connectivity index (χ1v) is 4.82. The quantitative estimate of drug-likeness (QED) is 0.522. The third kappa shape index (κ3) is 5.76. The fourth-order valence-corrected chi connectivity index (χ4v) is 1.08. The molecule has 1 N–H and O–H groups in total. The van der Waals surface area contributed by atoms with Crippen LogP contribution in [-0.2, 0) is 4.74 Å². The van der Waals surface area contributed by atoms with Gasteiger partial charge in [0.25, 0.3) is 0 Å². The molecule has 0 aromatic heterocycles. The molecule has 0 bridgehead atoms. The van der Waals surface area contributed by atoms with Crippen molar-refractivity contribution in [1.29, 1.82) is 0 Å². The van der Waals surface area contributed by atoms with Crippen molar-refractivity contribution < 1.29 is 9.84 Å². The Bertz CT molecular complexity index is 235. The average Bonchev–Trinajstić information content (AvgIpc) is 2.15. The molecule has 14 heavy (non-hydrogen) atoms. The molecule has 0 fully saturated rings. The second-order valence-electron chi connectivity index (χ2n) is 3.39. The van der Waals surface area contributed by atoms with Crippen LogP contribution in [0.1, 0.15) is 26.7 Å². The lowest BCUT2D eigenvalue weighted by molar-refractivity contribution is 0.0866. The Balaban J connectivity index is 4.35. The van der Waals surface area contributed by atoms with Gasteiger partial charge < -0.3 is 9.84 Å². The fraction of sp³-hybridized carbons (Fsp3) is 0.583. The van der Waals surface area contributed by atoms with E-state index in [9.17, 15) is 5.11 Å². The van der Waals surface area contributed by atoms with E-state index in [1.54, 1.807) is 7.11 Å². The van der Waals surface area contributed by atoms with Gasteiger partial charge in [-0.1, -0.05) is 6.08 Å². The Labute approximate surface area is 86.6 Å². The summed E-state index contributed by atoms with van der Waals surface area (Å²) in [6.07, 6.45) is 3.23. The minimum Gasteiger partial charge on any atom is -0.386 e. The molecule has 2 heteroatoms. The molecule has 0 aromatic rings. The van der Waals surface area contributed by atoms with E-state index in [0.717, 1.165) is 24.0 Å². The van der Waals surface area contributed by atoms with Crippen LogP contribution in [0, 0.1) is 0 Å². The van der Waals surface area contributed by atoms with Crippen molar-refractivity contribution >= 4 is 0 Å². The summed E-state index contributed by atoms with van der Waals surface area (Å²) < 4.78 is 4.85. The lowest BCUT2D eigenvalue weighted by Gasteiger charge is -2.07. The summed E-state index contributed by atoms with van der Waals surface area (Å²) in [6.45, 7) is 7.85. The van der Waals surface area contributed by atoms with Gasteiger partial charge in [0.15, 0.2) is 0 Å². The second kappa shape index (κ2) is 7.57. The predicted octanol–water partition coefficient (Wildman–Crippen LogP) is 2.45. The summed E-state index contributed by atoms with van der Waals surface area (Å²) in [5, 5.41) is 9.53. The van der Waals surface area contributed by atoms with Crippen LogP contribution in [-0.4, -0.2) is 24.9 Å². The Hall–Kier alpha value is -0.820. The topological polar surface area (TPSA) is 29.5 Å². The SMILES string of the molecule is C=CCCC(C)=C=C(C)[C@H](O)COC. The maximum absolute atomic E-state index is 9.53. The molecule has 0 aliphatic rings. The summed E-state index contributed by atoms with van der Waals surface area (Å²) in [4.78, 5) is 0. The van der Waals surface area contributed by atoms with Gasteiger partial charge in [0.2, 0.25) is 0 Å². The van der Waals surface area contributed by atoms with Crippen molar-refractivity contribution in [3.8, 4) is 0 Å². The number of hydrogen-bond acceptors (Lipinski definition) is 2. The maximum atomic E-state index is 9.53. The number of aliphatic hydroxyl groups excluding tert-OH is 1. The predicted molar refractivity (Wildman–Crippen MR) is 59.2 cm³/mol. The van der Waals surface area contributed by atoms with Gasteiger partial charge in [-0.05, 0) is 37.8 Å². The van der Waals surface area contributed by atoms with Crippen molar-refractivity contribution in [1.82, 2.24) is 0 Å². The van der Waals surface area contributed by atoms with Crippen LogP contribution in [0.15, 0.2) is 29.5 Å². The molecule has 0 aromatic carbocycles. The molecule has 0 spiro atoms. The van der Waals surface area contributed by atoms with Gasteiger partial charge in [-0.2, -0.15) is 0 Å². The van der Waals surface area contributed by atoms with Gasteiger partial charge in [0, 0.05) is 7.11 Å². The molecule has 0 radical (unpaired) electrons. The minimum atomic E-state index is -0.543. The molecular formula is C12H20O2. The maximum Gasteiger partial charge on any atom is 0.105 e. The van der Waals surface area contributed by atoms with Gasteiger partial charge in [-0.3, -0.25) is 0 Å². The van der Waals surface area contributed by atoms with Gasteiger partial charge in [-0.15, -0.1) is 12.3 Å². The van der Waals surface area contributed by atoms with E-state index in [2.05, 4.69) is 12.3 Å². The van der Waals surface area contributed by atoms with Gasteiger partial charge in [-0.25, -0.2) is 0 Å². The zero-order valence-corrected chi connectivity index (χ0v) is 9.34. The van der Waals surface area contributed by atoms with Gasteiger partial charge >= 0.3 is 0 Å². The Morgan fingerprint density at radius 2 is 2.21 bits per heavy atom. The number of rotatable bonds is 6. The highest BCUT2D eigenvalue weighted by atomic mass is 16.5. The molecule has 0 aliphatic heterocycles. The lowest BCUT2D eigenvalue weighted by Crippen LogP contribution is -2.14. The van der Waals surface area contributed by atoms with Crippen LogP contribution in [0.2, 0.25) is 0 Å². The molecule has 0 saturated carbocycles. The highest BCUT2D eigenvalue weighted by Gasteiger charge is 2.04. The number of methoxy groups -OCH3 is 1. The smallest absolute Gasteiger partial charge is 0.105 e. The van der Waals surface area contributed by atoms with Crippen molar-refractivity contribution in [3.63, 3.8) is 0 Å². The van der Waals surface area contributed by atoms with Crippen molar-refractivity contribution in [2.45, 2.75) is 32.8 Å². The van der Waals surface area contributed by atoms with Crippen molar-refractivity contribution in [2.75, 3.05) is 13.7 Å². The van der Waals surface area contributed by atoms with Crippen LogP contribution in [0.3, 0.4) is 0 Å². The molecule has 0 saturated heterocycles.